The monoisotopic (exact) mass is 374 g/mol. The first-order chi connectivity index (χ1) is 12.9. The van der Waals surface area contributed by atoms with E-state index in [2.05, 4.69) is 0 Å². The van der Waals surface area contributed by atoms with Gasteiger partial charge in [-0.05, 0) is 31.5 Å². The van der Waals surface area contributed by atoms with Crippen molar-refractivity contribution in [3.8, 4) is 11.5 Å². The topological polar surface area (TPSA) is 87.5 Å². The summed E-state index contributed by atoms with van der Waals surface area (Å²) >= 11 is 0. The number of hydrogen-bond acceptors (Lipinski definition) is 7. The van der Waals surface area contributed by atoms with Crippen molar-refractivity contribution in [2.75, 3.05) is 13.7 Å². The molecule has 0 bridgehead atoms. The van der Waals surface area contributed by atoms with Crippen molar-refractivity contribution < 1.29 is 28.2 Å². The van der Waals surface area contributed by atoms with Crippen molar-refractivity contribution in [3.63, 3.8) is 0 Å². The van der Waals surface area contributed by atoms with Crippen LogP contribution in [0.15, 0.2) is 33.5 Å². The first-order valence-electron chi connectivity index (χ1n) is 9.01. The third-order valence-corrected chi connectivity index (χ3v) is 5.27. The van der Waals surface area contributed by atoms with E-state index < -0.39 is 5.63 Å². The molecule has 2 fully saturated rings. The Morgan fingerprint density at radius 3 is 2.70 bits per heavy atom. The fourth-order valence-electron chi connectivity index (χ4n) is 3.64. The summed E-state index contributed by atoms with van der Waals surface area (Å²) in [5, 5.41) is 0.753. The Bertz CT molecular complexity index is 934. The number of epoxide rings is 1. The van der Waals surface area contributed by atoms with Crippen molar-refractivity contribution in [2.24, 2.45) is 5.92 Å². The summed E-state index contributed by atoms with van der Waals surface area (Å²) in [6.07, 6.45) is 1.17. The summed E-state index contributed by atoms with van der Waals surface area (Å²) in [5.41, 5.74) is -0.462. The Labute approximate surface area is 156 Å². The molecule has 2 aromatic rings. The van der Waals surface area contributed by atoms with Gasteiger partial charge in [-0.1, -0.05) is 6.92 Å². The van der Waals surface area contributed by atoms with Crippen molar-refractivity contribution >= 4 is 16.9 Å². The molecule has 7 heteroatoms. The highest BCUT2D eigenvalue weighted by molar-refractivity contribution is 5.85. The molecule has 0 unspecified atom stereocenters. The van der Waals surface area contributed by atoms with Gasteiger partial charge in [-0.3, -0.25) is 4.79 Å². The molecule has 1 aromatic carbocycles. The number of methoxy groups -OCH3 is 1. The lowest BCUT2D eigenvalue weighted by molar-refractivity contribution is -0.144. The molecule has 1 aromatic heterocycles. The molecule has 0 amide bonds. The van der Waals surface area contributed by atoms with E-state index in [1.807, 2.05) is 19.9 Å². The van der Waals surface area contributed by atoms with E-state index in [1.54, 1.807) is 12.1 Å². The van der Waals surface area contributed by atoms with Crippen LogP contribution in [-0.4, -0.2) is 37.5 Å². The van der Waals surface area contributed by atoms with Crippen LogP contribution in [0.1, 0.15) is 26.7 Å². The van der Waals surface area contributed by atoms with Gasteiger partial charge in [0.1, 0.15) is 18.8 Å². The van der Waals surface area contributed by atoms with Crippen LogP contribution in [0.4, 0.5) is 0 Å². The quantitative estimate of drug-likeness (QED) is 0.436. The Morgan fingerprint density at radius 2 is 2.00 bits per heavy atom. The Kier molecular flexibility index (Phi) is 4.34. The lowest BCUT2D eigenvalue weighted by Gasteiger charge is -2.14. The molecule has 2 aliphatic rings. The molecule has 0 radical (unpaired) electrons. The number of benzene rings is 1. The van der Waals surface area contributed by atoms with E-state index in [4.69, 9.17) is 23.4 Å². The molecule has 2 saturated heterocycles. The SMILES string of the molecule is COc1c(OC[C@H]2O[C@@]2(C)C[C@@H]2C[C@@H](C)C(=O)O2)ccc2ccc(=O)oc12. The van der Waals surface area contributed by atoms with Crippen LogP contribution in [0, 0.1) is 5.92 Å². The molecule has 4 rings (SSSR count). The van der Waals surface area contributed by atoms with Crippen molar-refractivity contribution in [3.05, 3.63) is 34.7 Å². The highest BCUT2D eigenvalue weighted by Crippen LogP contribution is 2.44. The molecular weight excluding hydrogens is 352 g/mol. The van der Waals surface area contributed by atoms with Crippen LogP contribution in [0.25, 0.3) is 11.0 Å². The van der Waals surface area contributed by atoms with Gasteiger partial charge in [0.05, 0.1) is 18.6 Å². The number of cyclic esters (lactones) is 1. The zero-order chi connectivity index (χ0) is 19.2. The molecule has 0 saturated carbocycles. The molecule has 7 nitrogen and oxygen atoms in total. The fourth-order valence-corrected chi connectivity index (χ4v) is 3.64. The minimum absolute atomic E-state index is 0.0523. The largest absolute Gasteiger partial charge is 0.490 e. The van der Waals surface area contributed by atoms with Gasteiger partial charge in [0.2, 0.25) is 5.75 Å². The third-order valence-electron chi connectivity index (χ3n) is 5.27. The van der Waals surface area contributed by atoms with Gasteiger partial charge in [-0.25, -0.2) is 4.79 Å². The first kappa shape index (κ1) is 17.9. The lowest BCUT2D eigenvalue weighted by atomic mass is 9.96. The van der Waals surface area contributed by atoms with Crippen molar-refractivity contribution in [1.29, 1.82) is 0 Å². The van der Waals surface area contributed by atoms with Crippen LogP contribution in [0.5, 0.6) is 11.5 Å². The van der Waals surface area contributed by atoms with Gasteiger partial charge in [-0.15, -0.1) is 0 Å². The second-order valence-corrected chi connectivity index (χ2v) is 7.40. The molecule has 0 aliphatic carbocycles. The zero-order valence-corrected chi connectivity index (χ0v) is 15.5. The molecular formula is C20H22O7. The summed E-state index contributed by atoms with van der Waals surface area (Å²) in [4.78, 5) is 23.1. The van der Waals surface area contributed by atoms with E-state index in [0.29, 0.717) is 30.1 Å². The van der Waals surface area contributed by atoms with Crippen LogP contribution in [0.2, 0.25) is 0 Å². The van der Waals surface area contributed by atoms with Gasteiger partial charge in [0.15, 0.2) is 11.3 Å². The molecule has 2 aliphatic heterocycles. The number of hydrogen-bond donors (Lipinski definition) is 0. The van der Waals surface area contributed by atoms with Crippen LogP contribution >= 0.6 is 0 Å². The summed E-state index contributed by atoms with van der Waals surface area (Å²) in [6, 6.07) is 6.63. The normalized spacial score (nSPS) is 29.6. The molecule has 3 heterocycles. The number of esters is 1. The average molecular weight is 374 g/mol. The Balaban J connectivity index is 1.42. The van der Waals surface area contributed by atoms with E-state index in [1.165, 1.54) is 13.2 Å². The van der Waals surface area contributed by atoms with Crippen molar-refractivity contribution in [1.82, 2.24) is 0 Å². The van der Waals surface area contributed by atoms with E-state index in [9.17, 15) is 9.59 Å². The fraction of sp³-hybridized carbons (Fsp3) is 0.500. The van der Waals surface area contributed by atoms with Gasteiger partial charge in [0, 0.05) is 17.9 Å². The van der Waals surface area contributed by atoms with Gasteiger partial charge >= 0.3 is 11.6 Å². The molecule has 0 N–H and O–H groups in total. The van der Waals surface area contributed by atoms with Gasteiger partial charge in [0.25, 0.3) is 0 Å². The van der Waals surface area contributed by atoms with E-state index in [0.717, 1.165) is 11.8 Å². The molecule has 144 valence electrons. The van der Waals surface area contributed by atoms with Crippen LogP contribution in [0.3, 0.4) is 0 Å². The molecule has 27 heavy (non-hydrogen) atoms. The predicted molar refractivity (Wildman–Crippen MR) is 96.1 cm³/mol. The Hall–Kier alpha value is -2.54. The minimum Gasteiger partial charge on any atom is -0.490 e. The first-order valence-corrected chi connectivity index (χ1v) is 9.01. The Morgan fingerprint density at radius 1 is 1.22 bits per heavy atom. The molecule has 4 atom stereocenters. The number of fused-ring (bicyclic) bond motifs is 1. The number of ether oxygens (including phenoxy) is 4. The van der Waals surface area contributed by atoms with Gasteiger partial charge in [-0.2, -0.15) is 0 Å². The van der Waals surface area contributed by atoms with Crippen LogP contribution < -0.4 is 15.1 Å². The second kappa shape index (κ2) is 6.56. The molecule has 0 spiro atoms. The van der Waals surface area contributed by atoms with E-state index in [-0.39, 0.29) is 29.7 Å². The lowest BCUT2D eigenvalue weighted by Crippen LogP contribution is -2.22. The smallest absolute Gasteiger partial charge is 0.336 e. The highest BCUT2D eigenvalue weighted by atomic mass is 16.6. The predicted octanol–water partition coefficient (Wildman–Crippen LogP) is 2.68. The summed E-state index contributed by atoms with van der Waals surface area (Å²) < 4.78 is 27.7. The zero-order valence-electron chi connectivity index (χ0n) is 15.5. The van der Waals surface area contributed by atoms with Crippen LogP contribution in [-0.2, 0) is 14.3 Å². The maximum absolute atomic E-state index is 11.6. The maximum Gasteiger partial charge on any atom is 0.336 e. The maximum atomic E-state index is 11.6. The number of carbonyl (C=O) groups excluding carboxylic acids is 1. The second-order valence-electron chi connectivity index (χ2n) is 7.40. The summed E-state index contributed by atoms with van der Waals surface area (Å²) in [6.45, 7) is 4.20. The van der Waals surface area contributed by atoms with Crippen molar-refractivity contribution in [2.45, 2.75) is 44.5 Å². The summed E-state index contributed by atoms with van der Waals surface area (Å²) in [5.74, 6) is 0.673. The third kappa shape index (κ3) is 3.39. The van der Waals surface area contributed by atoms with Gasteiger partial charge < -0.3 is 23.4 Å². The average Bonchev–Trinajstić information content (AvgIpc) is 3.16. The van der Waals surface area contributed by atoms with E-state index >= 15 is 0 Å². The minimum atomic E-state index is -0.448. The number of rotatable bonds is 6. The standard InChI is InChI=1S/C20H22O7/c1-11-8-13(25-19(11)22)9-20(2)15(27-20)10-24-14-6-4-12-5-7-16(21)26-17(12)18(14)23-3/h4-7,11,13,15H,8-10H2,1-3H3/t11-,13+,15-,20+/m1/s1. The highest BCUT2D eigenvalue weighted by Gasteiger charge is 2.55. The summed E-state index contributed by atoms with van der Waals surface area (Å²) in [7, 11) is 1.50. The number of carbonyl (C=O) groups is 1.